The summed E-state index contributed by atoms with van der Waals surface area (Å²) in [7, 11) is 1.81. The second kappa shape index (κ2) is 7.80. The van der Waals surface area contributed by atoms with Crippen LogP contribution in [-0.2, 0) is 13.6 Å². The van der Waals surface area contributed by atoms with Crippen LogP contribution in [0.3, 0.4) is 0 Å². The average molecular weight is 300 g/mol. The van der Waals surface area contributed by atoms with E-state index in [9.17, 15) is 4.79 Å². The van der Waals surface area contributed by atoms with Gasteiger partial charge in [0.15, 0.2) is 0 Å². The standard InChI is InChI=1S/C18H24N2O2/c1-4-12-22-16-9-6-14(7-10-16)17-11-8-15(13-19-5-2)18(21)20(17)3/h6-11,19H,4-5,12-13H2,1-3H3. The fraction of sp³-hybridized carbons (Fsp3) is 0.389. The summed E-state index contributed by atoms with van der Waals surface area (Å²) < 4.78 is 7.29. The fourth-order valence-corrected chi connectivity index (χ4v) is 2.31. The number of hydrogen-bond donors (Lipinski definition) is 1. The summed E-state index contributed by atoms with van der Waals surface area (Å²) in [5.74, 6) is 0.861. The van der Waals surface area contributed by atoms with Crippen molar-refractivity contribution in [3.63, 3.8) is 0 Å². The van der Waals surface area contributed by atoms with Gasteiger partial charge >= 0.3 is 0 Å². The Morgan fingerprint density at radius 3 is 2.45 bits per heavy atom. The Morgan fingerprint density at radius 1 is 1.09 bits per heavy atom. The molecule has 0 atom stereocenters. The van der Waals surface area contributed by atoms with Crippen LogP contribution in [0.4, 0.5) is 0 Å². The van der Waals surface area contributed by atoms with Crippen LogP contribution in [0.15, 0.2) is 41.2 Å². The monoisotopic (exact) mass is 300 g/mol. The molecule has 22 heavy (non-hydrogen) atoms. The van der Waals surface area contributed by atoms with Crippen molar-refractivity contribution in [3.8, 4) is 17.0 Å². The fourth-order valence-electron chi connectivity index (χ4n) is 2.31. The average Bonchev–Trinajstić information content (AvgIpc) is 2.55. The lowest BCUT2D eigenvalue weighted by molar-refractivity contribution is 0.317. The number of nitrogens with one attached hydrogen (secondary N) is 1. The summed E-state index contributed by atoms with van der Waals surface area (Å²) in [5, 5.41) is 3.19. The van der Waals surface area contributed by atoms with E-state index in [1.165, 1.54) is 0 Å². The molecule has 0 aliphatic heterocycles. The van der Waals surface area contributed by atoms with E-state index in [-0.39, 0.29) is 5.56 Å². The zero-order valence-electron chi connectivity index (χ0n) is 13.6. The lowest BCUT2D eigenvalue weighted by Gasteiger charge is -2.12. The molecule has 1 N–H and O–H groups in total. The van der Waals surface area contributed by atoms with Crippen LogP contribution < -0.4 is 15.6 Å². The van der Waals surface area contributed by atoms with Crippen molar-refractivity contribution in [2.45, 2.75) is 26.8 Å². The first-order chi connectivity index (χ1) is 10.7. The van der Waals surface area contributed by atoms with Crippen LogP contribution in [0, 0.1) is 0 Å². The van der Waals surface area contributed by atoms with E-state index in [2.05, 4.69) is 12.2 Å². The highest BCUT2D eigenvalue weighted by molar-refractivity contribution is 5.60. The van der Waals surface area contributed by atoms with Gasteiger partial charge in [-0.1, -0.05) is 19.9 Å². The topological polar surface area (TPSA) is 43.3 Å². The molecule has 1 heterocycles. The summed E-state index contributed by atoms with van der Waals surface area (Å²) in [6.07, 6.45) is 0.990. The zero-order valence-corrected chi connectivity index (χ0v) is 13.6. The lowest BCUT2D eigenvalue weighted by Crippen LogP contribution is -2.26. The van der Waals surface area contributed by atoms with Crippen molar-refractivity contribution in [1.82, 2.24) is 9.88 Å². The highest BCUT2D eigenvalue weighted by Crippen LogP contribution is 2.21. The zero-order chi connectivity index (χ0) is 15.9. The Labute approximate surface area is 131 Å². The maximum atomic E-state index is 12.4. The highest BCUT2D eigenvalue weighted by atomic mass is 16.5. The minimum atomic E-state index is 0.0461. The Hall–Kier alpha value is -2.07. The highest BCUT2D eigenvalue weighted by Gasteiger charge is 2.07. The Balaban J connectivity index is 2.25. The van der Waals surface area contributed by atoms with Gasteiger partial charge in [0.25, 0.3) is 5.56 Å². The van der Waals surface area contributed by atoms with E-state index in [1.54, 1.807) is 4.57 Å². The van der Waals surface area contributed by atoms with Crippen LogP contribution in [0.5, 0.6) is 5.75 Å². The molecule has 4 nitrogen and oxygen atoms in total. The molecule has 0 spiro atoms. The van der Waals surface area contributed by atoms with Gasteiger partial charge < -0.3 is 14.6 Å². The van der Waals surface area contributed by atoms with E-state index in [0.717, 1.165) is 42.1 Å². The predicted molar refractivity (Wildman–Crippen MR) is 90.3 cm³/mol. The number of nitrogens with zero attached hydrogens (tertiary/aromatic N) is 1. The molecule has 0 unspecified atom stereocenters. The third kappa shape index (κ3) is 3.77. The van der Waals surface area contributed by atoms with Crippen LogP contribution in [0.2, 0.25) is 0 Å². The van der Waals surface area contributed by atoms with E-state index in [0.29, 0.717) is 6.54 Å². The van der Waals surface area contributed by atoms with E-state index >= 15 is 0 Å². The molecule has 118 valence electrons. The maximum absolute atomic E-state index is 12.4. The minimum absolute atomic E-state index is 0.0461. The molecule has 0 saturated heterocycles. The number of rotatable bonds is 7. The van der Waals surface area contributed by atoms with Crippen LogP contribution >= 0.6 is 0 Å². The SMILES string of the molecule is CCCOc1ccc(-c2ccc(CNCC)c(=O)n2C)cc1. The van der Waals surface area contributed by atoms with Crippen LogP contribution in [-0.4, -0.2) is 17.7 Å². The van der Waals surface area contributed by atoms with Gasteiger partial charge in [0.05, 0.1) is 12.3 Å². The summed E-state index contributed by atoms with van der Waals surface area (Å²) in [6.45, 7) is 6.29. The van der Waals surface area contributed by atoms with E-state index in [1.807, 2.05) is 50.4 Å². The molecule has 0 bridgehead atoms. The summed E-state index contributed by atoms with van der Waals surface area (Å²) in [4.78, 5) is 12.4. The van der Waals surface area contributed by atoms with Gasteiger partial charge in [0.1, 0.15) is 5.75 Å². The summed E-state index contributed by atoms with van der Waals surface area (Å²) in [5.41, 5.74) is 2.76. The van der Waals surface area contributed by atoms with E-state index < -0.39 is 0 Å². The minimum Gasteiger partial charge on any atom is -0.494 e. The third-order valence-electron chi connectivity index (χ3n) is 3.57. The molecule has 0 saturated carbocycles. The maximum Gasteiger partial charge on any atom is 0.255 e. The van der Waals surface area contributed by atoms with Gasteiger partial charge in [-0.05, 0) is 48.9 Å². The number of pyridine rings is 1. The summed E-state index contributed by atoms with van der Waals surface area (Å²) in [6, 6.07) is 11.8. The molecular weight excluding hydrogens is 276 g/mol. The number of aromatic nitrogens is 1. The van der Waals surface area contributed by atoms with Gasteiger partial charge in [0.2, 0.25) is 0 Å². The van der Waals surface area contributed by atoms with Crippen molar-refractivity contribution >= 4 is 0 Å². The quantitative estimate of drug-likeness (QED) is 0.855. The Kier molecular flexibility index (Phi) is 5.78. The predicted octanol–water partition coefficient (Wildman–Crippen LogP) is 2.95. The molecule has 2 rings (SSSR count). The second-order valence-corrected chi connectivity index (χ2v) is 5.26. The molecule has 4 heteroatoms. The smallest absolute Gasteiger partial charge is 0.255 e. The van der Waals surface area contributed by atoms with Crippen molar-refractivity contribution in [2.75, 3.05) is 13.2 Å². The first kappa shape index (κ1) is 16.3. The molecule has 1 aromatic heterocycles. The molecule has 2 aromatic rings. The van der Waals surface area contributed by atoms with Gasteiger partial charge in [-0.25, -0.2) is 0 Å². The molecular formula is C18H24N2O2. The second-order valence-electron chi connectivity index (χ2n) is 5.26. The molecule has 0 aliphatic carbocycles. The molecule has 0 radical (unpaired) electrons. The van der Waals surface area contributed by atoms with Crippen molar-refractivity contribution in [3.05, 3.63) is 52.3 Å². The number of ether oxygens (including phenoxy) is 1. The van der Waals surface area contributed by atoms with Gasteiger partial charge in [-0.2, -0.15) is 0 Å². The van der Waals surface area contributed by atoms with E-state index in [4.69, 9.17) is 4.74 Å². The van der Waals surface area contributed by atoms with Crippen LogP contribution in [0.1, 0.15) is 25.8 Å². The van der Waals surface area contributed by atoms with Crippen molar-refractivity contribution < 1.29 is 4.74 Å². The van der Waals surface area contributed by atoms with Gasteiger partial charge in [-0.15, -0.1) is 0 Å². The Morgan fingerprint density at radius 2 is 1.82 bits per heavy atom. The number of benzene rings is 1. The van der Waals surface area contributed by atoms with Crippen LogP contribution in [0.25, 0.3) is 11.3 Å². The first-order valence-corrected chi connectivity index (χ1v) is 7.80. The molecule has 1 aromatic carbocycles. The molecule has 0 fully saturated rings. The van der Waals surface area contributed by atoms with Gasteiger partial charge in [-0.3, -0.25) is 4.79 Å². The van der Waals surface area contributed by atoms with Crippen molar-refractivity contribution in [1.29, 1.82) is 0 Å². The first-order valence-electron chi connectivity index (χ1n) is 7.80. The number of hydrogen-bond acceptors (Lipinski definition) is 3. The van der Waals surface area contributed by atoms with Crippen molar-refractivity contribution in [2.24, 2.45) is 7.05 Å². The largest absolute Gasteiger partial charge is 0.494 e. The van der Waals surface area contributed by atoms with Gasteiger partial charge in [0, 0.05) is 19.2 Å². The third-order valence-corrected chi connectivity index (χ3v) is 3.57. The Bertz CT molecular complexity index is 660. The molecule has 0 aliphatic rings. The normalized spacial score (nSPS) is 10.7. The summed E-state index contributed by atoms with van der Waals surface area (Å²) >= 11 is 0. The molecule has 0 amide bonds. The lowest BCUT2D eigenvalue weighted by atomic mass is 10.1.